The third-order valence-corrected chi connectivity index (χ3v) is 3.39. The first kappa shape index (κ1) is 18.9. The SMILES string of the molecule is COCOc1cc(C(F)(F)F)ccc1-c1cncn(CCCO)c1=O. The van der Waals surface area contributed by atoms with Gasteiger partial charge in [0.2, 0.25) is 0 Å². The van der Waals surface area contributed by atoms with Crippen LogP contribution in [-0.4, -0.2) is 35.2 Å². The first-order valence-electron chi connectivity index (χ1n) is 7.37. The Morgan fingerprint density at radius 1 is 1.28 bits per heavy atom. The lowest BCUT2D eigenvalue weighted by Gasteiger charge is -2.14. The van der Waals surface area contributed by atoms with E-state index in [1.54, 1.807) is 0 Å². The van der Waals surface area contributed by atoms with Gasteiger partial charge in [-0.3, -0.25) is 9.36 Å². The fourth-order valence-electron chi connectivity index (χ4n) is 2.20. The van der Waals surface area contributed by atoms with Crippen molar-refractivity contribution in [1.29, 1.82) is 0 Å². The topological polar surface area (TPSA) is 73.6 Å². The summed E-state index contributed by atoms with van der Waals surface area (Å²) in [6, 6.07) is 2.86. The lowest BCUT2D eigenvalue weighted by molar-refractivity contribution is -0.137. The van der Waals surface area contributed by atoms with Crippen molar-refractivity contribution in [3.05, 3.63) is 46.6 Å². The zero-order valence-corrected chi connectivity index (χ0v) is 13.4. The summed E-state index contributed by atoms with van der Waals surface area (Å²) in [5.41, 5.74) is -1.06. The Morgan fingerprint density at radius 2 is 2.04 bits per heavy atom. The Hall–Kier alpha value is -2.39. The second kappa shape index (κ2) is 8.13. The molecule has 0 radical (unpaired) electrons. The maximum atomic E-state index is 12.9. The summed E-state index contributed by atoms with van der Waals surface area (Å²) in [6.07, 6.45) is -1.62. The van der Waals surface area contributed by atoms with Gasteiger partial charge >= 0.3 is 6.18 Å². The van der Waals surface area contributed by atoms with Crippen molar-refractivity contribution in [2.24, 2.45) is 0 Å². The molecule has 6 nitrogen and oxygen atoms in total. The minimum Gasteiger partial charge on any atom is -0.467 e. The van der Waals surface area contributed by atoms with Gasteiger partial charge in [0.15, 0.2) is 6.79 Å². The molecule has 0 atom stereocenters. The number of hydrogen-bond donors (Lipinski definition) is 1. The van der Waals surface area contributed by atoms with Crippen LogP contribution in [0.5, 0.6) is 5.75 Å². The van der Waals surface area contributed by atoms with E-state index >= 15 is 0 Å². The van der Waals surface area contributed by atoms with Crippen LogP contribution >= 0.6 is 0 Å². The molecule has 1 aromatic heterocycles. The van der Waals surface area contributed by atoms with Gasteiger partial charge in [-0.2, -0.15) is 13.2 Å². The molecule has 1 N–H and O–H groups in total. The summed E-state index contributed by atoms with van der Waals surface area (Å²) in [5, 5.41) is 8.88. The molecule has 0 amide bonds. The van der Waals surface area contributed by atoms with Crippen molar-refractivity contribution in [2.45, 2.75) is 19.1 Å². The van der Waals surface area contributed by atoms with Crippen LogP contribution in [-0.2, 0) is 17.5 Å². The van der Waals surface area contributed by atoms with E-state index in [-0.39, 0.29) is 36.8 Å². The summed E-state index contributed by atoms with van der Waals surface area (Å²) >= 11 is 0. The summed E-state index contributed by atoms with van der Waals surface area (Å²) in [5.74, 6) is -0.129. The Labute approximate surface area is 141 Å². The molecule has 9 heteroatoms. The standard InChI is InChI=1S/C16H17F3N2O4/c1-24-10-25-14-7-11(16(17,18)19)3-4-12(14)13-8-20-9-21(15(13)23)5-2-6-22/h3-4,7-9,22H,2,5-6,10H2,1H3. The Bertz CT molecular complexity index is 775. The normalized spacial score (nSPS) is 11.6. The van der Waals surface area contributed by atoms with Crippen LogP contribution in [0.4, 0.5) is 13.2 Å². The maximum absolute atomic E-state index is 12.9. The number of nitrogens with zero attached hydrogens (tertiary/aromatic N) is 2. The Kier molecular flexibility index (Phi) is 6.16. The van der Waals surface area contributed by atoms with Gasteiger partial charge in [-0.15, -0.1) is 0 Å². The van der Waals surface area contributed by atoms with Crippen molar-refractivity contribution >= 4 is 0 Å². The lowest BCUT2D eigenvalue weighted by atomic mass is 10.0. The maximum Gasteiger partial charge on any atom is 0.416 e. The van der Waals surface area contributed by atoms with Crippen molar-refractivity contribution in [3.8, 4) is 16.9 Å². The van der Waals surface area contributed by atoms with Crippen molar-refractivity contribution in [2.75, 3.05) is 20.5 Å². The summed E-state index contributed by atoms with van der Waals surface area (Å²) in [6.45, 7) is -0.127. The van der Waals surface area contributed by atoms with E-state index in [2.05, 4.69) is 4.98 Å². The number of ether oxygens (including phenoxy) is 2. The molecule has 0 aliphatic rings. The quantitative estimate of drug-likeness (QED) is 0.769. The molecule has 0 aliphatic heterocycles. The molecule has 2 rings (SSSR count). The van der Waals surface area contributed by atoms with Crippen molar-refractivity contribution < 1.29 is 27.8 Å². The van der Waals surface area contributed by atoms with Crippen LogP contribution in [0.3, 0.4) is 0 Å². The van der Waals surface area contributed by atoms with E-state index in [4.69, 9.17) is 14.6 Å². The minimum absolute atomic E-state index is 0.0975. The van der Waals surface area contributed by atoms with Crippen molar-refractivity contribution in [1.82, 2.24) is 9.55 Å². The lowest BCUT2D eigenvalue weighted by Crippen LogP contribution is -2.22. The number of aliphatic hydroxyl groups is 1. The van der Waals surface area contributed by atoms with Gasteiger partial charge in [0.25, 0.3) is 5.56 Å². The first-order valence-corrected chi connectivity index (χ1v) is 7.37. The highest BCUT2D eigenvalue weighted by atomic mass is 19.4. The van der Waals surface area contributed by atoms with Gasteiger partial charge in [0.05, 0.1) is 17.5 Å². The molecule has 0 bridgehead atoms. The molecule has 0 aliphatic carbocycles. The number of rotatable bonds is 7. The van der Waals surface area contributed by atoms with Gasteiger partial charge < -0.3 is 14.6 Å². The predicted octanol–water partition coefficient (Wildman–Crippen LogP) is 2.29. The van der Waals surface area contributed by atoms with E-state index < -0.39 is 17.3 Å². The van der Waals surface area contributed by atoms with Crippen LogP contribution in [0, 0.1) is 0 Å². The van der Waals surface area contributed by atoms with E-state index in [9.17, 15) is 18.0 Å². The molecule has 0 spiro atoms. The molecule has 1 aromatic carbocycles. The minimum atomic E-state index is -4.54. The molecule has 1 heterocycles. The third-order valence-electron chi connectivity index (χ3n) is 3.39. The molecule has 0 unspecified atom stereocenters. The molecule has 25 heavy (non-hydrogen) atoms. The number of halogens is 3. The van der Waals surface area contributed by atoms with Crippen LogP contribution in [0.2, 0.25) is 0 Å². The van der Waals surface area contributed by atoms with E-state index in [0.717, 1.165) is 12.1 Å². The highest BCUT2D eigenvalue weighted by molar-refractivity contribution is 5.69. The molecular weight excluding hydrogens is 341 g/mol. The van der Waals surface area contributed by atoms with Crippen LogP contribution < -0.4 is 10.3 Å². The van der Waals surface area contributed by atoms with Gasteiger partial charge in [0, 0.05) is 32.0 Å². The van der Waals surface area contributed by atoms with E-state index in [1.807, 2.05) is 0 Å². The highest BCUT2D eigenvalue weighted by Crippen LogP contribution is 2.36. The third kappa shape index (κ3) is 4.58. The van der Waals surface area contributed by atoms with Crippen molar-refractivity contribution in [3.63, 3.8) is 0 Å². The predicted molar refractivity (Wildman–Crippen MR) is 83.1 cm³/mol. The zero-order valence-electron chi connectivity index (χ0n) is 13.4. The zero-order chi connectivity index (χ0) is 18.4. The molecule has 2 aromatic rings. The second-order valence-corrected chi connectivity index (χ2v) is 5.14. The summed E-state index contributed by atoms with van der Waals surface area (Å²) < 4.78 is 50.0. The average molecular weight is 358 g/mol. The first-order chi connectivity index (χ1) is 11.9. The molecule has 0 fully saturated rings. The molecule has 0 saturated heterocycles. The van der Waals surface area contributed by atoms with Gasteiger partial charge in [0.1, 0.15) is 5.75 Å². The highest BCUT2D eigenvalue weighted by Gasteiger charge is 2.31. The monoisotopic (exact) mass is 358 g/mol. The number of benzene rings is 1. The fourth-order valence-corrected chi connectivity index (χ4v) is 2.20. The summed E-state index contributed by atoms with van der Waals surface area (Å²) in [4.78, 5) is 16.5. The smallest absolute Gasteiger partial charge is 0.416 e. The summed E-state index contributed by atoms with van der Waals surface area (Å²) in [7, 11) is 1.33. The molecule has 136 valence electrons. The number of hydrogen-bond acceptors (Lipinski definition) is 5. The fraction of sp³-hybridized carbons (Fsp3) is 0.375. The number of alkyl halides is 3. The second-order valence-electron chi connectivity index (χ2n) is 5.14. The van der Waals surface area contributed by atoms with Gasteiger partial charge in [-0.05, 0) is 24.6 Å². The van der Waals surface area contributed by atoms with Gasteiger partial charge in [-0.1, -0.05) is 0 Å². The number of aryl methyl sites for hydroxylation is 1. The average Bonchev–Trinajstić information content (AvgIpc) is 2.58. The van der Waals surface area contributed by atoms with E-state index in [0.29, 0.717) is 6.42 Å². The van der Waals surface area contributed by atoms with E-state index in [1.165, 1.54) is 30.3 Å². The molecular formula is C16H17F3N2O4. The Morgan fingerprint density at radius 3 is 2.68 bits per heavy atom. The Balaban J connectivity index is 2.52. The van der Waals surface area contributed by atoms with Crippen LogP contribution in [0.25, 0.3) is 11.1 Å². The largest absolute Gasteiger partial charge is 0.467 e. The number of aliphatic hydroxyl groups excluding tert-OH is 1. The molecule has 0 saturated carbocycles. The number of methoxy groups -OCH3 is 1. The van der Waals surface area contributed by atoms with Crippen LogP contribution in [0.1, 0.15) is 12.0 Å². The van der Waals surface area contributed by atoms with Crippen LogP contribution in [0.15, 0.2) is 35.5 Å². The van der Waals surface area contributed by atoms with Gasteiger partial charge in [-0.25, -0.2) is 4.98 Å². The number of aromatic nitrogens is 2.